The van der Waals surface area contributed by atoms with Crippen molar-refractivity contribution in [3.63, 3.8) is 0 Å². The molecule has 1 aromatic carbocycles. The quantitative estimate of drug-likeness (QED) is 0.479. The molecule has 1 heterocycles. The van der Waals surface area contributed by atoms with E-state index < -0.39 is 10.7 Å². The number of nitrogens with one attached hydrogen (secondary N) is 1. The zero-order valence-electron chi connectivity index (χ0n) is 11.5. The van der Waals surface area contributed by atoms with Gasteiger partial charge in [0.1, 0.15) is 11.5 Å². The van der Waals surface area contributed by atoms with Gasteiger partial charge in [-0.05, 0) is 28.9 Å². The molecule has 0 spiro atoms. The summed E-state index contributed by atoms with van der Waals surface area (Å²) in [6.07, 6.45) is 0.828. The van der Waals surface area contributed by atoms with Gasteiger partial charge in [0.2, 0.25) is 0 Å². The molecule has 1 aromatic rings. The third kappa shape index (κ3) is 4.62. The molecule has 2 rings (SSSR count). The van der Waals surface area contributed by atoms with Gasteiger partial charge in [-0.1, -0.05) is 0 Å². The molecule has 1 aliphatic rings. The average Bonchev–Trinajstić information content (AvgIpc) is 2.47. The minimum Gasteiger partial charge on any atom is -0.379 e. The highest BCUT2D eigenvalue weighted by molar-refractivity contribution is 9.10. The van der Waals surface area contributed by atoms with Crippen LogP contribution in [0.3, 0.4) is 0 Å². The van der Waals surface area contributed by atoms with E-state index in [9.17, 15) is 14.5 Å². The van der Waals surface area contributed by atoms with Crippen molar-refractivity contribution in [1.29, 1.82) is 0 Å². The van der Waals surface area contributed by atoms with Crippen molar-refractivity contribution >= 4 is 27.3 Å². The fourth-order valence-electron chi connectivity index (χ4n) is 2.18. The Morgan fingerprint density at radius 1 is 1.43 bits per heavy atom. The highest BCUT2D eigenvalue weighted by Crippen LogP contribution is 2.30. The van der Waals surface area contributed by atoms with Crippen LogP contribution in [-0.4, -0.2) is 49.2 Å². The van der Waals surface area contributed by atoms with Crippen LogP contribution in [0.2, 0.25) is 0 Å². The number of rotatable bonds is 6. The molecule has 1 saturated heterocycles. The Hall–Kier alpha value is -1.25. The van der Waals surface area contributed by atoms with E-state index in [1.807, 2.05) is 0 Å². The number of morpholine rings is 1. The maximum atomic E-state index is 13.5. The molecule has 0 bridgehead atoms. The number of hydrogen-bond acceptors (Lipinski definition) is 5. The zero-order chi connectivity index (χ0) is 15.2. The molecule has 1 N–H and O–H groups in total. The summed E-state index contributed by atoms with van der Waals surface area (Å²) < 4.78 is 18.8. The Morgan fingerprint density at radius 3 is 2.81 bits per heavy atom. The normalized spacial score (nSPS) is 15.9. The lowest BCUT2D eigenvalue weighted by atomic mass is 10.2. The molecule has 6 nitrogen and oxygen atoms in total. The zero-order valence-corrected chi connectivity index (χ0v) is 13.1. The Morgan fingerprint density at radius 2 is 2.14 bits per heavy atom. The minimum atomic E-state index is -0.519. The Balaban J connectivity index is 1.87. The molecule has 0 radical (unpaired) electrons. The number of halogens is 2. The number of nitro groups is 1. The Kier molecular flexibility index (Phi) is 5.89. The third-order valence-corrected chi connectivity index (χ3v) is 3.91. The van der Waals surface area contributed by atoms with Gasteiger partial charge in [0.05, 0.1) is 22.6 Å². The van der Waals surface area contributed by atoms with Gasteiger partial charge in [-0.2, -0.15) is 0 Å². The first-order valence-corrected chi connectivity index (χ1v) is 7.54. The minimum absolute atomic E-state index is 0.0908. The van der Waals surface area contributed by atoms with E-state index in [0.717, 1.165) is 45.3 Å². The molecular formula is C13H17BrFN3O3. The fourth-order valence-corrected chi connectivity index (χ4v) is 2.51. The first kappa shape index (κ1) is 16.1. The Labute approximate surface area is 130 Å². The van der Waals surface area contributed by atoms with Gasteiger partial charge in [-0.15, -0.1) is 0 Å². The van der Waals surface area contributed by atoms with E-state index in [1.54, 1.807) is 0 Å². The molecule has 0 aromatic heterocycles. The van der Waals surface area contributed by atoms with Gasteiger partial charge in [-0.25, -0.2) is 4.39 Å². The summed E-state index contributed by atoms with van der Waals surface area (Å²) >= 11 is 2.96. The second kappa shape index (κ2) is 7.67. The van der Waals surface area contributed by atoms with E-state index in [2.05, 4.69) is 26.1 Å². The molecule has 0 atom stereocenters. The number of nitro benzene ring substituents is 1. The van der Waals surface area contributed by atoms with Crippen LogP contribution in [0, 0.1) is 15.9 Å². The van der Waals surface area contributed by atoms with Gasteiger partial charge in [-0.3, -0.25) is 15.0 Å². The number of anilines is 1. The molecule has 1 fully saturated rings. The van der Waals surface area contributed by atoms with Crippen LogP contribution in [0.5, 0.6) is 0 Å². The molecule has 0 amide bonds. The molecule has 1 aliphatic heterocycles. The van der Waals surface area contributed by atoms with Crippen LogP contribution < -0.4 is 5.32 Å². The molecular weight excluding hydrogens is 345 g/mol. The topological polar surface area (TPSA) is 67.6 Å². The number of benzene rings is 1. The van der Waals surface area contributed by atoms with Crippen molar-refractivity contribution in [2.75, 3.05) is 44.7 Å². The van der Waals surface area contributed by atoms with E-state index in [4.69, 9.17) is 4.74 Å². The monoisotopic (exact) mass is 361 g/mol. The maximum absolute atomic E-state index is 13.5. The second-order valence-corrected chi connectivity index (χ2v) is 5.63. The van der Waals surface area contributed by atoms with E-state index >= 15 is 0 Å². The molecule has 116 valence electrons. The predicted octanol–water partition coefficient (Wildman–Crippen LogP) is 2.63. The summed E-state index contributed by atoms with van der Waals surface area (Å²) in [4.78, 5) is 12.7. The van der Waals surface area contributed by atoms with Crippen molar-refractivity contribution in [2.24, 2.45) is 0 Å². The van der Waals surface area contributed by atoms with Crippen LogP contribution in [0.15, 0.2) is 16.6 Å². The summed E-state index contributed by atoms with van der Waals surface area (Å²) in [5.41, 5.74) is 0.0809. The largest absolute Gasteiger partial charge is 0.379 e. The highest BCUT2D eigenvalue weighted by atomic mass is 79.9. The lowest BCUT2D eigenvalue weighted by Crippen LogP contribution is -2.37. The standard InChI is InChI=1S/C13H17BrFN3O3/c14-10-8-13(18(19)20)12(9-11(10)15)16-2-1-3-17-4-6-21-7-5-17/h8-9,16H,1-7H2. The first-order chi connectivity index (χ1) is 10.1. The summed E-state index contributed by atoms with van der Waals surface area (Å²) in [5, 5.41) is 13.9. The van der Waals surface area contributed by atoms with Gasteiger partial charge < -0.3 is 10.1 Å². The van der Waals surface area contributed by atoms with E-state index in [1.165, 1.54) is 6.07 Å². The van der Waals surface area contributed by atoms with E-state index in [0.29, 0.717) is 6.54 Å². The predicted molar refractivity (Wildman–Crippen MR) is 81.1 cm³/mol. The molecule has 8 heteroatoms. The molecule has 0 aliphatic carbocycles. The van der Waals surface area contributed by atoms with Crippen molar-refractivity contribution in [3.8, 4) is 0 Å². The van der Waals surface area contributed by atoms with Crippen molar-refractivity contribution < 1.29 is 14.1 Å². The summed E-state index contributed by atoms with van der Waals surface area (Å²) in [7, 11) is 0. The first-order valence-electron chi connectivity index (χ1n) is 6.75. The van der Waals surface area contributed by atoms with Crippen LogP contribution in [0.1, 0.15) is 6.42 Å². The van der Waals surface area contributed by atoms with Crippen LogP contribution in [0.4, 0.5) is 15.8 Å². The van der Waals surface area contributed by atoms with Crippen LogP contribution >= 0.6 is 15.9 Å². The smallest absolute Gasteiger partial charge is 0.293 e. The van der Waals surface area contributed by atoms with Crippen molar-refractivity contribution in [2.45, 2.75) is 6.42 Å². The maximum Gasteiger partial charge on any atom is 0.293 e. The number of ether oxygens (including phenoxy) is 1. The SMILES string of the molecule is O=[N+]([O-])c1cc(Br)c(F)cc1NCCCN1CCOCC1. The van der Waals surface area contributed by atoms with E-state index in [-0.39, 0.29) is 15.8 Å². The van der Waals surface area contributed by atoms with Gasteiger partial charge in [0, 0.05) is 31.8 Å². The summed E-state index contributed by atoms with van der Waals surface area (Å²) in [6.45, 7) is 4.76. The molecule has 0 saturated carbocycles. The number of nitrogens with zero attached hydrogens (tertiary/aromatic N) is 2. The van der Waals surface area contributed by atoms with Crippen molar-refractivity contribution in [3.05, 3.63) is 32.5 Å². The second-order valence-electron chi connectivity index (χ2n) is 4.77. The summed E-state index contributed by atoms with van der Waals surface area (Å²) in [6, 6.07) is 2.33. The molecule has 21 heavy (non-hydrogen) atoms. The highest BCUT2D eigenvalue weighted by Gasteiger charge is 2.17. The van der Waals surface area contributed by atoms with Gasteiger partial charge >= 0.3 is 0 Å². The lowest BCUT2D eigenvalue weighted by molar-refractivity contribution is -0.384. The lowest BCUT2D eigenvalue weighted by Gasteiger charge is -2.26. The van der Waals surface area contributed by atoms with Crippen LogP contribution in [0.25, 0.3) is 0 Å². The molecule has 0 unspecified atom stereocenters. The Bertz CT molecular complexity index is 510. The third-order valence-electron chi connectivity index (χ3n) is 3.31. The van der Waals surface area contributed by atoms with Crippen molar-refractivity contribution in [1.82, 2.24) is 4.90 Å². The fraction of sp³-hybridized carbons (Fsp3) is 0.538. The average molecular weight is 362 g/mol. The number of hydrogen-bond donors (Lipinski definition) is 1. The van der Waals surface area contributed by atoms with Crippen LogP contribution in [-0.2, 0) is 4.74 Å². The summed E-state index contributed by atoms with van der Waals surface area (Å²) in [5.74, 6) is -0.517. The van der Waals surface area contributed by atoms with Gasteiger partial charge in [0.15, 0.2) is 0 Å². The van der Waals surface area contributed by atoms with Gasteiger partial charge in [0.25, 0.3) is 5.69 Å².